The number of rotatable bonds is 2. The first-order valence-electron chi connectivity index (χ1n) is 3.30. The Morgan fingerprint density at radius 2 is 2.36 bits per heavy atom. The lowest BCUT2D eigenvalue weighted by atomic mass is 10.0. The summed E-state index contributed by atoms with van der Waals surface area (Å²) in [6.07, 6.45) is 0.957. The fourth-order valence-corrected chi connectivity index (χ4v) is 1.13. The van der Waals surface area contributed by atoms with Gasteiger partial charge in [0, 0.05) is 13.1 Å². The molecule has 11 heavy (non-hydrogen) atoms. The summed E-state index contributed by atoms with van der Waals surface area (Å²) in [5, 5.41) is 8.62. The van der Waals surface area contributed by atoms with Crippen LogP contribution in [0.4, 0.5) is 0 Å². The fourth-order valence-electron chi connectivity index (χ4n) is 1.13. The lowest BCUT2D eigenvalue weighted by Gasteiger charge is -2.16. The van der Waals surface area contributed by atoms with Crippen LogP contribution in [0.3, 0.4) is 0 Å². The summed E-state index contributed by atoms with van der Waals surface area (Å²) in [5.74, 6) is -1.04. The average Bonchev–Trinajstić information content (AvgIpc) is 2.33. The minimum Gasteiger partial charge on any atom is -0.480 e. The summed E-state index contributed by atoms with van der Waals surface area (Å²) >= 11 is 0. The monoisotopic (exact) mass is 158 g/mol. The van der Waals surface area contributed by atoms with Gasteiger partial charge < -0.3 is 15.7 Å². The van der Waals surface area contributed by atoms with Gasteiger partial charge in [-0.2, -0.15) is 0 Å². The van der Waals surface area contributed by atoms with Gasteiger partial charge in [-0.3, -0.25) is 9.59 Å². The van der Waals surface area contributed by atoms with E-state index in [1.165, 1.54) is 4.90 Å². The number of likely N-dealkylation sites (tertiary alicyclic amines) is 1. The number of carboxylic acid groups (broad SMARTS) is 1. The van der Waals surface area contributed by atoms with Gasteiger partial charge in [-0.05, 0) is 6.42 Å². The number of nitrogens with zero attached hydrogens (tertiary/aromatic N) is 1. The van der Waals surface area contributed by atoms with Gasteiger partial charge in [0.2, 0.25) is 6.41 Å². The molecule has 0 aliphatic carbocycles. The maximum atomic E-state index is 10.5. The van der Waals surface area contributed by atoms with Crippen LogP contribution < -0.4 is 5.73 Å². The summed E-state index contributed by atoms with van der Waals surface area (Å²) in [4.78, 5) is 22.1. The Bertz CT molecular complexity index is 194. The molecular weight excluding hydrogens is 148 g/mol. The highest BCUT2D eigenvalue weighted by molar-refractivity contribution is 5.80. The molecule has 1 unspecified atom stereocenters. The normalized spacial score (nSPS) is 30.5. The summed E-state index contributed by atoms with van der Waals surface area (Å²) in [5.41, 5.74) is 4.25. The molecule has 1 saturated heterocycles. The van der Waals surface area contributed by atoms with E-state index in [2.05, 4.69) is 0 Å². The molecule has 1 aliphatic rings. The van der Waals surface area contributed by atoms with Crippen molar-refractivity contribution in [2.75, 3.05) is 13.1 Å². The summed E-state index contributed by atoms with van der Waals surface area (Å²) in [6.45, 7) is 0.554. The zero-order valence-corrected chi connectivity index (χ0v) is 5.99. The number of hydrogen-bond donors (Lipinski definition) is 2. The standard InChI is InChI=1S/C6H10N2O3/c7-6(5(10)11)1-2-8(3-6)4-9/h4H,1-3,7H2,(H,10,11). The van der Waals surface area contributed by atoms with Gasteiger partial charge in [-0.25, -0.2) is 0 Å². The highest BCUT2D eigenvalue weighted by atomic mass is 16.4. The van der Waals surface area contributed by atoms with Crippen LogP contribution in [-0.2, 0) is 9.59 Å². The van der Waals surface area contributed by atoms with Crippen molar-refractivity contribution in [3.05, 3.63) is 0 Å². The summed E-state index contributed by atoms with van der Waals surface area (Å²) < 4.78 is 0. The second-order valence-electron chi connectivity index (χ2n) is 2.79. The van der Waals surface area contributed by atoms with Gasteiger partial charge in [-0.15, -0.1) is 0 Å². The topological polar surface area (TPSA) is 83.6 Å². The first-order chi connectivity index (χ1) is 5.08. The van der Waals surface area contributed by atoms with Crippen molar-refractivity contribution in [3.8, 4) is 0 Å². The van der Waals surface area contributed by atoms with Crippen LogP contribution in [-0.4, -0.2) is 41.0 Å². The predicted octanol–water partition coefficient (Wildman–Crippen LogP) is -1.37. The van der Waals surface area contributed by atoms with Crippen molar-refractivity contribution in [1.29, 1.82) is 0 Å². The van der Waals surface area contributed by atoms with Crippen LogP contribution in [0.2, 0.25) is 0 Å². The van der Waals surface area contributed by atoms with Gasteiger partial charge in [0.25, 0.3) is 0 Å². The van der Waals surface area contributed by atoms with E-state index < -0.39 is 11.5 Å². The number of aliphatic carboxylic acids is 1. The average molecular weight is 158 g/mol. The number of carboxylic acids is 1. The van der Waals surface area contributed by atoms with E-state index in [0.29, 0.717) is 19.4 Å². The molecule has 0 aromatic carbocycles. The zero-order valence-electron chi connectivity index (χ0n) is 5.99. The Hall–Kier alpha value is -1.10. The first-order valence-corrected chi connectivity index (χ1v) is 3.30. The van der Waals surface area contributed by atoms with E-state index in [4.69, 9.17) is 10.8 Å². The molecule has 1 rings (SSSR count). The summed E-state index contributed by atoms with van der Waals surface area (Å²) in [6, 6.07) is 0. The SMILES string of the molecule is NC1(C(=O)O)CCN(C=O)C1. The maximum Gasteiger partial charge on any atom is 0.325 e. The van der Waals surface area contributed by atoms with Crippen molar-refractivity contribution < 1.29 is 14.7 Å². The van der Waals surface area contributed by atoms with Crippen molar-refractivity contribution in [3.63, 3.8) is 0 Å². The van der Waals surface area contributed by atoms with E-state index in [1.54, 1.807) is 0 Å². The first kappa shape index (κ1) is 8.00. The Labute approximate surface area is 63.8 Å². The molecule has 0 bridgehead atoms. The number of amides is 1. The van der Waals surface area contributed by atoms with E-state index in [0.717, 1.165) is 0 Å². The molecule has 5 nitrogen and oxygen atoms in total. The second kappa shape index (κ2) is 2.50. The molecule has 1 heterocycles. The molecule has 0 saturated carbocycles. The molecule has 1 fully saturated rings. The van der Waals surface area contributed by atoms with E-state index in [9.17, 15) is 9.59 Å². The predicted molar refractivity (Wildman–Crippen MR) is 36.8 cm³/mol. The quantitative estimate of drug-likeness (QED) is 0.486. The smallest absolute Gasteiger partial charge is 0.325 e. The minimum absolute atomic E-state index is 0.117. The number of nitrogens with two attached hydrogens (primary N) is 1. The molecule has 0 aromatic rings. The lowest BCUT2D eigenvalue weighted by Crippen LogP contribution is -2.49. The van der Waals surface area contributed by atoms with Crippen LogP contribution in [0.5, 0.6) is 0 Å². The van der Waals surface area contributed by atoms with Crippen LogP contribution >= 0.6 is 0 Å². The fraction of sp³-hybridized carbons (Fsp3) is 0.667. The molecule has 1 atom stereocenters. The number of carbonyl (C=O) groups is 2. The Kier molecular flexibility index (Phi) is 1.82. The molecule has 1 aliphatic heterocycles. The van der Waals surface area contributed by atoms with Crippen LogP contribution in [0.15, 0.2) is 0 Å². The molecule has 0 radical (unpaired) electrons. The van der Waals surface area contributed by atoms with Crippen molar-refractivity contribution >= 4 is 12.4 Å². The maximum absolute atomic E-state index is 10.5. The third kappa shape index (κ3) is 1.32. The van der Waals surface area contributed by atoms with Crippen molar-refractivity contribution in [2.24, 2.45) is 5.73 Å². The van der Waals surface area contributed by atoms with Gasteiger partial charge in [0.1, 0.15) is 5.54 Å². The third-order valence-electron chi connectivity index (χ3n) is 1.91. The highest BCUT2D eigenvalue weighted by Gasteiger charge is 2.40. The zero-order chi connectivity index (χ0) is 8.48. The van der Waals surface area contributed by atoms with Gasteiger partial charge in [0.05, 0.1) is 0 Å². The van der Waals surface area contributed by atoms with Gasteiger partial charge in [-0.1, -0.05) is 0 Å². The lowest BCUT2D eigenvalue weighted by molar-refractivity contribution is -0.142. The van der Waals surface area contributed by atoms with E-state index >= 15 is 0 Å². The van der Waals surface area contributed by atoms with Gasteiger partial charge in [0.15, 0.2) is 0 Å². The van der Waals surface area contributed by atoms with E-state index in [-0.39, 0.29) is 6.54 Å². The van der Waals surface area contributed by atoms with Crippen LogP contribution in [0.1, 0.15) is 6.42 Å². The molecule has 1 amide bonds. The van der Waals surface area contributed by atoms with E-state index in [1.807, 2.05) is 0 Å². The Morgan fingerprint density at radius 1 is 1.73 bits per heavy atom. The molecule has 5 heteroatoms. The van der Waals surface area contributed by atoms with Crippen molar-refractivity contribution in [2.45, 2.75) is 12.0 Å². The molecule has 62 valence electrons. The van der Waals surface area contributed by atoms with Crippen LogP contribution in [0.25, 0.3) is 0 Å². The molecule has 0 aromatic heterocycles. The summed E-state index contributed by atoms with van der Waals surface area (Å²) in [7, 11) is 0. The highest BCUT2D eigenvalue weighted by Crippen LogP contribution is 2.16. The second-order valence-corrected chi connectivity index (χ2v) is 2.79. The minimum atomic E-state index is -1.22. The van der Waals surface area contributed by atoms with Gasteiger partial charge >= 0.3 is 5.97 Å². The number of carbonyl (C=O) groups excluding carboxylic acids is 1. The third-order valence-corrected chi connectivity index (χ3v) is 1.91. The Balaban J connectivity index is 2.64. The number of hydrogen-bond acceptors (Lipinski definition) is 3. The molecular formula is C6H10N2O3. The molecule has 3 N–H and O–H groups in total. The van der Waals surface area contributed by atoms with Crippen LogP contribution in [0, 0.1) is 0 Å². The van der Waals surface area contributed by atoms with Crippen molar-refractivity contribution in [1.82, 2.24) is 4.90 Å². The Morgan fingerprint density at radius 3 is 2.64 bits per heavy atom. The largest absolute Gasteiger partial charge is 0.480 e. The molecule has 0 spiro atoms.